The molecule has 0 bridgehead atoms. The summed E-state index contributed by atoms with van der Waals surface area (Å²) in [5.74, 6) is -0.0787. The van der Waals surface area contributed by atoms with Gasteiger partial charge in [-0.2, -0.15) is 0 Å². The fourth-order valence-corrected chi connectivity index (χ4v) is 4.93. The number of allylic oxidation sites excluding steroid dienone is 4. The van der Waals surface area contributed by atoms with Crippen LogP contribution in [0.3, 0.4) is 0 Å². The van der Waals surface area contributed by atoms with Crippen LogP contribution in [0.25, 0.3) is 0 Å². The second kappa shape index (κ2) is 13.9. The van der Waals surface area contributed by atoms with Gasteiger partial charge < -0.3 is 20.0 Å². The summed E-state index contributed by atoms with van der Waals surface area (Å²) in [5.41, 5.74) is 1.22. The minimum atomic E-state index is -0.231. The number of piperidine rings is 1. The molecular formula is C29H40N2O5. The number of amides is 1. The summed E-state index contributed by atoms with van der Waals surface area (Å²) in [4.78, 5) is 33.1. The van der Waals surface area contributed by atoms with Crippen molar-refractivity contribution in [2.45, 2.75) is 71.6 Å². The number of fused-ring (bicyclic) bond motifs is 1. The van der Waals surface area contributed by atoms with Crippen LogP contribution in [-0.4, -0.2) is 52.2 Å². The van der Waals surface area contributed by atoms with Gasteiger partial charge in [-0.05, 0) is 68.1 Å². The highest BCUT2D eigenvalue weighted by molar-refractivity contribution is 6.03. The van der Waals surface area contributed by atoms with E-state index in [0.717, 1.165) is 58.0 Å². The van der Waals surface area contributed by atoms with E-state index < -0.39 is 0 Å². The van der Waals surface area contributed by atoms with Gasteiger partial charge in [0, 0.05) is 32.0 Å². The summed E-state index contributed by atoms with van der Waals surface area (Å²) in [7, 11) is 0. The van der Waals surface area contributed by atoms with Crippen molar-refractivity contribution in [1.29, 1.82) is 0 Å². The minimum absolute atomic E-state index is 0.0875. The molecule has 7 nitrogen and oxygen atoms in total. The molecule has 7 heteroatoms. The van der Waals surface area contributed by atoms with Crippen LogP contribution in [0.2, 0.25) is 0 Å². The second-order valence-electron chi connectivity index (χ2n) is 10.0. The highest BCUT2D eigenvalue weighted by atomic mass is 16.6. The predicted molar refractivity (Wildman–Crippen MR) is 141 cm³/mol. The molecule has 1 saturated heterocycles. The van der Waals surface area contributed by atoms with Gasteiger partial charge in [0.2, 0.25) is 0 Å². The Kier molecular flexibility index (Phi) is 10.6. The highest BCUT2D eigenvalue weighted by Gasteiger charge is 2.22. The van der Waals surface area contributed by atoms with E-state index in [4.69, 9.17) is 4.84 Å². The van der Waals surface area contributed by atoms with Crippen molar-refractivity contribution in [3.8, 4) is 11.5 Å². The number of ketones is 1. The van der Waals surface area contributed by atoms with Crippen LogP contribution in [0.5, 0.6) is 11.5 Å². The van der Waals surface area contributed by atoms with E-state index in [1.54, 1.807) is 4.90 Å². The number of phenolic OH excluding ortho intramolecular Hbond substituents is 2. The fraction of sp³-hybridized carbons (Fsp3) is 0.552. The number of Topliss-reactive ketones (excluding diaryl/α,β-unsaturated/α-hetero) is 1. The summed E-state index contributed by atoms with van der Waals surface area (Å²) < 4.78 is 0. The van der Waals surface area contributed by atoms with Gasteiger partial charge in [0.15, 0.2) is 12.4 Å². The van der Waals surface area contributed by atoms with Crippen molar-refractivity contribution >= 4 is 17.4 Å². The van der Waals surface area contributed by atoms with Crippen LogP contribution in [0.1, 0.15) is 81.1 Å². The van der Waals surface area contributed by atoms with Gasteiger partial charge in [-0.3, -0.25) is 9.59 Å². The lowest BCUT2D eigenvalue weighted by atomic mass is 9.88. The number of oxime groups is 1. The van der Waals surface area contributed by atoms with E-state index in [2.05, 4.69) is 31.2 Å². The topological polar surface area (TPSA) is 99.4 Å². The third-order valence-corrected chi connectivity index (χ3v) is 6.84. The Hall–Kier alpha value is -3.09. The number of aromatic hydroxyl groups is 2. The van der Waals surface area contributed by atoms with Crippen molar-refractivity contribution in [3.63, 3.8) is 0 Å². The van der Waals surface area contributed by atoms with E-state index in [1.165, 1.54) is 12.1 Å². The number of hydrogen-bond donors (Lipinski definition) is 2. The molecule has 36 heavy (non-hydrogen) atoms. The molecule has 1 amide bonds. The van der Waals surface area contributed by atoms with Crippen molar-refractivity contribution in [2.75, 3.05) is 19.7 Å². The van der Waals surface area contributed by atoms with Crippen LogP contribution >= 0.6 is 0 Å². The molecule has 1 aromatic carbocycles. The highest BCUT2D eigenvalue weighted by Crippen LogP contribution is 2.31. The normalized spacial score (nSPS) is 24.6. The van der Waals surface area contributed by atoms with Crippen molar-refractivity contribution in [1.82, 2.24) is 4.90 Å². The summed E-state index contributed by atoms with van der Waals surface area (Å²) in [5, 5.41) is 25.0. The first-order valence-electron chi connectivity index (χ1n) is 13.2. The molecule has 0 spiro atoms. The molecule has 1 aliphatic heterocycles. The number of carbonyl (C=O) groups is 2. The Morgan fingerprint density at radius 1 is 1.14 bits per heavy atom. The maximum atomic E-state index is 13.3. The molecule has 1 heterocycles. The molecule has 0 aromatic heterocycles. The number of nitrogens with zero attached hydrogens (tertiary/aromatic N) is 2. The number of carbonyl (C=O) groups excluding carboxylic acids is 2. The zero-order valence-corrected chi connectivity index (χ0v) is 21.6. The molecule has 2 N–H and O–H groups in total. The molecule has 1 aliphatic carbocycles. The third kappa shape index (κ3) is 8.25. The van der Waals surface area contributed by atoms with Crippen LogP contribution in [0.4, 0.5) is 0 Å². The Balaban J connectivity index is 1.87. The van der Waals surface area contributed by atoms with Gasteiger partial charge in [-0.1, -0.05) is 43.7 Å². The van der Waals surface area contributed by atoms with E-state index in [-0.39, 0.29) is 47.7 Å². The number of rotatable bonds is 5. The Labute approximate surface area is 214 Å². The number of likely N-dealkylation sites (tertiary alicyclic amines) is 1. The van der Waals surface area contributed by atoms with E-state index in [1.807, 2.05) is 12.2 Å². The molecule has 0 radical (unpaired) electrons. The van der Waals surface area contributed by atoms with Gasteiger partial charge >= 0.3 is 0 Å². The first kappa shape index (κ1) is 27.5. The first-order chi connectivity index (χ1) is 17.4. The zero-order chi connectivity index (χ0) is 25.9. The summed E-state index contributed by atoms with van der Waals surface area (Å²) in [6.45, 7) is 5.60. The van der Waals surface area contributed by atoms with Gasteiger partial charge in [0.05, 0.1) is 11.3 Å². The van der Waals surface area contributed by atoms with E-state index >= 15 is 0 Å². The van der Waals surface area contributed by atoms with Gasteiger partial charge in [-0.25, -0.2) is 0 Å². The number of benzene rings is 1. The SMILES string of the molecule is CCCC1C/C=C/C(C)C/C=C/C(=N\OCC(=O)N2CCCCC2)Cc2cc(O)cc(O)c2C(=O)C1. The summed E-state index contributed by atoms with van der Waals surface area (Å²) in [6.07, 6.45) is 15.3. The third-order valence-electron chi connectivity index (χ3n) is 6.84. The number of phenols is 2. The smallest absolute Gasteiger partial charge is 0.263 e. The van der Waals surface area contributed by atoms with Crippen molar-refractivity contribution < 1.29 is 24.6 Å². The average molecular weight is 497 g/mol. The molecule has 196 valence electrons. The first-order valence-corrected chi connectivity index (χ1v) is 13.2. The molecular weight excluding hydrogens is 456 g/mol. The maximum absolute atomic E-state index is 13.3. The largest absolute Gasteiger partial charge is 0.508 e. The lowest BCUT2D eigenvalue weighted by Gasteiger charge is -2.26. The minimum Gasteiger partial charge on any atom is -0.508 e. The van der Waals surface area contributed by atoms with Gasteiger partial charge in [0.25, 0.3) is 5.91 Å². The average Bonchev–Trinajstić information content (AvgIpc) is 2.83. The number of hydrogen-bond acceptors (Lipinski definition) is 6. The second-order valence-corrected chi connectivity index (χ2v) is 10.0. The molecule has 1 fully saturated rings. The van der Waals surface area contributed by atoms with Gasteiger partial charge in [-0.15, -0.1) is 0 Å². The van der Waals surface area contributed by atoms with Crippen LogP contribution in [0.15, 0.2) is 41.6 Å². The van der Waals surface area contributed by atoms with E-state index in [9.17, 15) is 19.8 Å². The summed E-state index contributed by atoms with van der Waals surface area (Å²) in [6, 6.07) is 2.70. The molecule has 2 unspecified atom stereocenters. The standard InChI is InChI=1S/C29H40N2O5/c1-3-9-22-12-7-10-21(2)11-8-13-24(30-36-20-28(35)31-14-5-4-6-15-31)17-23-18-25(32)19-27(34)29(23)26(33)16-22/h7-8,10,13,18-19,21-22,32,34H,3-6,9,11-12,14-17,20H2,1-2H3/b10-7+,13-8+,30-24+. The van der Waals surface area contributed by atoms with E-state index in [0.29, 0.717) is 23.6 Å². The van der Waals surface area contributed by atoms with Crippen LogP contribution in [-0.2, 0) is 16.1 Å². The molecule has 1 aromatic rings. The zero-order valence-electron chi connectivity index (χ0n) is 21.6. The molecule has 2 aliphatic rings. The summed E-state index contributed by atoms with van der Waals surface area (Å²) >= 11 is 0. The van der Waals surface area contributed by atoms with Crippen molar-refractivity contribution in [2.24, 2.45) is 17.0 Å². The quantitative estimate of drug-likeness (QED) is 0.411. The van der Waals surface area contributed by atoms with Crippen molar-refractivity contribution in [3.05, 3.63) is 47.6 Å². The maximum Gasteiger partial charge on any atom is 0.263 e. The van der Waals surface area contributed by atoms with Crippen LogP contribution < -0.4 is 0 Å². The Morgan fingerprint density at radius 3 is 2.67 bits per heavy atom. The monoisotopic (exact) mass is 496 g/mol. The molecule has 0 saturated carbocycles. The lowest BCUT2D eigenvalue weighted by Crippen LogP contribution is -2.37. The Morgan fingerprint density at radius 2 is 1.92 bits per heavy atom. The molecule has 2 atom stereocenters. The Bertz CT molecular complexity index is 992. The predicted octanol–water partition coefficient (Wildman–Crippen LogP) is 5.56. The van der Waals surface area contributed by atoms with Gasteiger partial charge in [0.1, 0.15) is 11.5 Å². The fourth-order valence-electron chi connectivity index (χ4n) is 4.93. The molecule has 3 rings (SSSR count). The van der Waals surface area contributed by atoms with Crippen LogP contribution in [0, 0.1) is 11.8 Å². The lowest BCUT2D eigenvalue weighted by molar-refractivity contribution is -0.137.